The molecule has 2 rings (SSSR count). The molecule has 22 heavy (non-hydrogen) atoms. The molecular weight excluding hydrogens is 298 g/mol. The van der Waals surface area contributed by atoms with E-state index >= 15 is 0 Å². The van der Waals surface area contributed by atoms with Gasteiger partial charge in [0.1, 0.15) is 0 Å². The van der Waals surface area contributed by atoms with E-state index in [9.17, 15) is 4.79 Å². The maximum absolute atomic E-state index is 12.4. The van der Waals surface area contributed by atoms with Crippen LogP contribution in [0.4, 0.5) is 0 Å². The van der Waals surface area contributed by atoms with Crippen LogP contribution < -0.4 is 10.6 Å². The van der Waals surface area contributed by atoms with E-state index in [0.717, 1.165) is 25.4 Å². The summed E-state index contributed by atoms with van der Waals surface area (Å²) in [5.74, 6) is 1.12. The lowest BCUT2D eigenvalue weighted by Crippen LogP contribution is -2.54. The molecule has 2 N–H and O–H groups in total. The van der Waals surface area contributed by atoms with E-state index in [-0.39, 0.29) is 29.9 Å². The summed E-state index contributed by atoms with van der Waals surface area (Å²) in [6, 6.07) is 0.643. The van der Waals surface area contributed by atoms with Gasteiger partial charge >= 0.3 is 0 Å². The average molecular weight is 332 g/mol. The first kappa shape index (κ1) is 19.7. The predicted octanol–water partition coefficient (Wildman–Crippen LogP) is 2.57. The predicted molar refractivity (Wildman–Crippen MR) is 94.5 cm³/mol. The zero-order valence-electron chi connectivity index (χ0n) is 14.7. The van der Waals surface area contributed by atoms with Crippen LogP contribution in [-0.4, -0.2) is 48.1 Å². The molecule has 0 bridgehead atoms. The second-order valence-electron chi connectivity index (χ2n) is 7.56. The maximum atomic E-state index is 12.4. The molecule has 0 aromatic carbocycles. The highest BCUT2D eigenvalue weighted by Gasteiger charge is 2.29. The summed E-state index contributed by atoms with van der Waals surface area (Å²) in [6.07, 6.45) is 6.12. The SMILES string of the molecule is CCC(C)(C)NC(=O)C(C)N1CCC(NCC2CC2)CC1.Cl. The summed E-state index contributed by atoms with van der Waals surface area (Å²) in [5, 5.41) is 6.86. The van der Waals surface area contributed by atoms with E-state index in [4.69, 9.17) is 0 Å². The third kappa shape index (κ3) is 6.05. The largest absolute Gasteiger partial charge is 0.350 e. The highest BCUT2D eigenvalue weighted by molar-refractivity contribution is 5.85. The first-order valence-electron chi connectivity index (χ1n) is 8.70. The Morgan fingerprint density at radius 2 is 1.82 bits per heavy atom. The average Bonchev–Trinajstić information content (AvgIpc) is 3.28. The second-order valence-corrected chi connectivity index (χ2v) is 7.56. The molecule has 5 heteroatoms. The number of rotatable bonds is 7. The van der Waals surface area contributed by atoms with Gasteiger partial charge in [-0.3, -0.25) is 9.69 Å². The molecule has 1 heterocycles. The van der Waals surface area contributed by atoms with Crippen LogP contribution in [0.3, 0.4) is 0 Å². The first-order valence-corrected chi connectivity index (χ1v) is 8.70. The molecular formula is C17H34ClN3O. The van der Waals surface area contributed by atoms with Crippen molar-refractivity contribution in [1.29, 1.82) is 0 Å². The quantitative estimate of drug-likeness (QED) is 0.753. The van der Waals surface area contributed by atoms with Crippen molar-refractivity contribution in [2.45, 2.75) is 77.4 Å². The number of amides is 1. The number of nitrogens with one attached hydrogen (secondary N) is 2. The van der Waals surface area contributed by atoms with E-state index in [0.29, 0.717) is 6.04 Å². The summed E-state index contributed by atoms with van der Waals surface area (Å²) in [4.78, 5) is 14.7. The van der Waals surface area contributed by atoms with Crippen LogP contribution in [0.2, 0.25) is 0 Å². The minimum absolute atomic E-state index is 0. The molecule has 1 aliphatic heterocycles. The van der Waals surface area contributed by atoms with Crippen LogP contribution in [0, 0.1) is 5.92 Å². The van der Waals surface area contributed by atoms with Gasteiger partial charge in [-0.2, -0.15) is 0 Å². The van der Waals surface area contributed by atoms with Gasteiger partial charge in [-0.05, 0) is 65.3 Å². The summed E-state index contributed by atoms with van der Waals surface area (Å²) >= 11 is 0. The minimum atomic E-state index is -0.102. The number of nitrogens with zero attached hydrogens (tertiary/aromatic N) is 1. The Hall–Kier alpha value is -0.320. The molecule has 1 atom stereocenters. The van der Waals surface area contributed by atoms with Crippen molar-refractivity contribution in [1.82, 2.24) is 15.5 Å². The van der Waals surface area contributed by atoms with Crippen molar-refractivity contribution < 1.29 is 4.79 Å². The number of piperidine rings is 1. The minimum Gasteiger partial charge on any atom is -0.350 e. The zero-order chi connectivity index (χ0) is 15.5. The van der Waals surface area contributed by atoms with Crippen molar-refractivity contribution in [2.75, 3.05) is 19.6 Å². The molecule has 0 aromatic heterocycles. The fourth-order valence-electron chi connectivity index (χ4n) is 2.84. The molecule has 1 unspecified atom stereocenters. The number of halogens is 1. The fourth-order valence-corrected chi connectivity index (χ4v) is 2.84. The van der Waals surface area contributed by atoms with Crippen LogP contribution in [0.5, 0.6) is 0 Å². The lowest BCUT2D eigenvalue weighted by Gasteiger charge is -2.37. The van der Waals surface area contributed by atoms with Gasteiger partial charge in [-0.15, -0.1) is 12.4 Å². The first-order chi connectivity index (χ1) is 9.91. The third-order valence-electron chi connectivity index (χ3n) is 5.19. The van der Waals surface area contributed by atoms with Crippen LogP contribution in [-0.2, 0) is 4.79 Å². The molecule has 1 aliphatic carbocycles. The van der Waals surface area contributed by atoms with Gasteiger partial charge in [0.05, 0.1) is 6.04 Å². The molecule has 2 aliphatic rings. The number of hydrogen-bond acceptors (Lipinski definition) is 3. The number of carbonyl (C=O) groups excluding carboxylic acids is 1. The van der Waals surface area contributed by atoms with Gasteiger partial charge < -0.3 is 10.6 Å². The lowest BCUT2D eigenvalue weighted by molar-refractivity contribution is -0.128. The van der Waals surface area contributed by atoms with Crippen LogP contribution in [0.25, 0.3) is 0 Å². The van der Waals surface area contributed by atoms with Gasteiger partial charge in [0.25, 0.3) is 0 Å². The Bertz CT molecular complexity index is 350. The number of likely N-dealkylation sites (tertiary alicyclic amines) is 1. The smallest absolute Gasteiger partial charge is 0.237 e. The second kappa shape index (κ2) is 8.51. The third-order valence-corrected chi connectivity index (χ3v) is 5.19. The Morgan fingerprint density at radius 3 is 2.32 bits per heavy atom. The maximum Gasteiger partial charge on any atom is 0.237 e. The Morgan fingerprint density at radius 1 is 1.23 bits per heavy atom. The van der Waals surface area contributed by atoms with Crippen molar-refractivity contribution in [3.63, 3.8) is 0 Å². The summed E-state index contributed by atoms with van der Waals surface area (Å²) in [6.45, 7) is 11.6. The summed E-state index contributed by atoms with van der Waals surface area (Å²) in [5.41, 5.74) is -0.102. The van der Waals surface area contributed by atoms with Crippen LogP contribution in [0.1, 0.15) is 59.8 Å². The van der Waals surface area contributed by atoms with Crippen LogP contribution >= 0.6 is 12.4 Å². The molecule has 130 valence electrons. The molecule has 0 radical (unpaired) electrons. The Kier molecular flexibility index (Phi) is 7.63. The topological polar surface area (TPSA) is 44.4 Å². The van der Waals surface area contributed by atoms with E-state index in [1.165, 1.54) is 32.2 Å². The van der Waals surface area contributed by atoms with Gasteiger partial charge in [0.2, 0.25) is 5.91 Å². The van der Waals surface area contributed by atoms with E-state index < -0.39 is 0 Å². The summed E-state index contributed by atoms with van der Waals surface area (Å²) in [7, 11) is 0. The van der Waals surface area contributed by atoms with Crippen LogP contribution in [0.15, 0.2) is 0 Å². The van der Waals surface area contributed by atoms with Gasteiger partial charge in [0, 0.05) is 24.7 Å². The highest BCUT2D eigenvalue weighted by Crippen LogP contribution is 2.28. The molecule has 0 aromatic rings. The lowest BCUT2D eigenvalue weighted by atomic mass is 10.00. The molecule has 2 fully saturated rings. The highest BCUT2D eigenvalue weighted by atomic mass is 35.5. The monoisotopic (exact) mass is 331 g/mol. The summed E-state index contributed by atoms with van der Waals surface area (Å²) < 4.78 is 0. The molecule has 1 saturated heterocycles. The van der Waals surface area contributed by atoms with Crippen molar-refractivity contribution >= 4 is 18.3 Å². The molecule has 1 saturated carbocycles. The van der Waals surface area contributed by atoms with Gasteiger partial charge in [-0.1, -0.05) is 6.92 Å². The standard InChI is InChI=1S/C17H33N3O.ClH/c1-5-17(3,4)19-16(21)13(2)20-10-8-15(9-11-20)18-12-14-6-7-14;/h13-15,18H,5-12H2,1-4H3,(H,19,21);1H. The van der Waals surface area contributed by atoms with Crippen molar-refractivity contribution in [2.24, 2.45) is 5.92 Å². The van der Waals surface area contributed by atoms with Gasteiger partial charge in [0.15, 0.2) is 0 Å². The van der Waals surface area contributed by atoms with E-state index in [1.54, 1.807) is 0 Å². The van der Waals surface area contributed by atoms with Crippen molar-refractivity contribution in [3.05, 3.63) is 0 Å². The molecule has 0 spiro atoms. The number of hydrogen-bond donors (Lipinski definition) is 2. The fraction of sp³-hybridized carbons (Fsp3) is 0.941. The zero-order valence-corrected chi connectivity index (χ0v) is 15.5. The molecule has 1 amide bonds. The van der Waals surface area contributed by atoms with E-state index in [2.05, 4.69) is 36.3 Å². The van der Waals surface area contributed by atoms with Gasteiger partial charge in [-0.25, -0.2) is 0 Å². The van der Waals surface area contributed by atoms with E-state index in [1.807, 2.05) is 6.92 Å². The Labute approximate surface area is 142 Å². The Balaban J connectivity index is 0.00000242. The van der Waals surface area contributed by atoms with Crippen molar-refractivity contribution in [3.8, 4) is 0 Å². The molecule has 4 nitrogen and oxygen atoms in total. The normalized spacial score (nSPS) is 22.0. The number of carbonyl (C=O) groups is 1.